The molecule has 6 unspecified atom stereocenters. The van der Waals surface area contributed by atoms with E-state index >= 15 is 0 Å². The first kappa shape index (κ1) is 23.1. The van der Waals surface area contributed by atoms with Gasteiger partial charge in [0.15, 0.2) is 6.29 Å². The average molecular weight is 454 g/mol. The van der Waals surface area contributed by atoms with Gasteiger partial charge in [-0.1, -0.05) is 0 Å². The van der Waals surface area contributed by atoms with Crippen molar-refractivity contribution in [2.75, 3.05) is 13.2 Å². The number of ether oxygens (including phenoxy) is 3. The van der Waals surface area contributed by atoms with Crippen molar-refractivity contribution in [1.29, 1.82) is 0 Å². The molecule has 4 N–H and O–H groups in total. The lowest BCUT2D eigenvalue weighted by atomic mass is 9.96. The first-order valence-electron chi connectivity index (χ1n) is 7.32. The minimum absolute atomic E-state index is 0.282. The Kier molecular flexibility index (Phi) is 8.04. The van der Waals surface area contributed by atoms with Gasteiger partial charge in [0.2, 0.25) is 0 Å². The van der Waals surface area contributed by atoms with Crippen molar-refractivity contribution in [3.05, 3.63) is 0 Å². The molecule has 0 aromatic heterocycles. The topological polar surface area (TPSA) is 170 Å². The number of hydrogen-bond acceptors (Lipinski definition) is 9. The Morgan fingerprint density at radius 2 is 1.85 bits per heavy atom. The molecule has 2 fully saturated rings. The molecule has 2 radical (unpaired) electrons. The molecule has 0 aromatic rings. The molecule has 2 aliphatic heterocycles. The van der Waals surface area contributed by atoms with Crippen molar-refractivity contribution in [3.8, 4) is 0 Å². The van der Waals surface area contributed by atoms with Crippen LogP contribution in [0, 0.1) is 0 Å². The lowest BCUT2D eigenvalue weighted by Gasteiger charge is -2.23. The maximum Gasteiger partial charge on any atom is 0.488 e. The van der Waals surface area contributed by atoms with Crippen LogP contribution in [-0.4, -0.2) is 65.1 Å². The molecule has 0 spiro atoms. The fraction of sp³-hybridized carbons (Fsp3) is 1.00. The SMILES string of the molecule is [B]C1CC(OC2CCCO2)C(COP(=O)(O)OP(=O)(O)OP(O)(O)=S)O1. The average Bonchev–Trinajstić information content (AvgIpc) is 3.02. The lowest BCUT2D eigenvalue weighted by molar-refractivity contribution is -0.160. The molecular formula is C9H18BO12P3S. The summed E-state index contributed by atoms with van der Waals surface area (Å²) >= 11 is 3.98. The minimum Gasteiger partial charge on any atom is -0.380 e. The van der Waals surface area contributed by atoms with Crippen LogP contribution in [0.5, 0.6) is 0 Å². The van der Waals surface area contributed by atoms with E-state index in [2.05, 4.69) is 25.0 Å². The Hall–Kier alpha value is 0.775. The molecule has 12 nitrogen and oxygen atoms in total. The molecule has 150 valence electrons. The van der Waals surface area contributed by atoms with Crippen LogP contribution < -0.4 is 0 Å². The standard InChI is InChI=1S/C9H18BO12P3S/c10-8-4-6(20-9-2-1-3-17-9)7(19-8)5-18-23(11,12)21-24(13,14)22-25(15,16)26/h6-9H,1-5H2,(H,11,12)(H,13,14)(H2,15,16,26). The fourth-order valence-electron chi connectivity index (χ4n) is 2.36. The highest BCUT2D eigenvalue weighted by Gasteiger charge is 2.42. The monoisotopic (exact) mass is 454 g/mol. The van der Waals surface area contributed by atoms with Crippen LogP contribution in [0.4, 0.5) is 0 Å². The zero-order valence-corrected chi connectivity index (χ0v) is 16.7. The van der Waals surface area contributed by atoms with E-state index in [9.17, 15) is 18.9 Å². The predicted molar refractivity (Wildman–Crippen MR) is 89.4 cm³/mol. The van der Waals surface area contributed by atoms with Gasteiger partial charge < -0.3 is 33.8 Å². The Balaban J connectivity index is 1.89. The normalized spacial score (nSPS) is 34.5. The first-order valence-corrected chi connectivity index (χ1v) is 12.9. The van der Waals surface area contributed by atoms with Gasteiger partial charge in [-0.2, -0.15) is 4.31 Å². The molecule has 17 heteroatoms. The van der Waals surface area contributed by atoms with E-state index in [1.165, 1.54) is 0 Å². The van der Waals surface area contributed by atoms with E-state index < -0.39 is 53.5 Å². The van der Waals surface area contributed by atoms with Crippen molar-refractivity contribution in [1.82, 2.24) is 0 Å². The van der Waals surface area contributed by atoms with Gasteiger partial charge in [-0.3, -0.25) is 4.52 Å². The van der Waals surface area contributed by atoms with E-state index in [1.54, 1.807) is 0 Å². The van der Waals surface area contributed by atoms with E-state index in [-0.39, 0.29) is 6.42 Å². The van der Waals surface area contributed by atoms with Crippen LogP contribution >= 0.6 is 22.4 Å². The van der Waals surface area contributed by atoms with E-state index in [0.717, 1.165) is 6.42 Å². The van der Waals surface area contributed by atoms with Crippen LogP contribution in [-0.2, 0) is 48.3 Å². The molecule has 2 saturated heterocycles. The molecule has 0 saturated carbocycles. The third-order valence-electron chi connectivity index (χ3n) is 3.26. The van der Waals surface area contributed by atoms with Crippen LogP contribution in [0.25, 0.3) is 0 Å². The lowest BCUT2D eigenvalue weighted by Crippen LogP contribution is -2.32. The highest BCUT2D eigenvalue weighted by Crippen LogP contribution is 2.66. The van der Waals surface area contributed by atoms with Gasteiger partial charge in [-0.15, -0.1) is 0 Å². The summed E-state index contributed by atoms with van der Waals surface area (Å²) in [5, 5.41) is 0. The Morgan fingerprint density at radius 1 is 1.15 bits per heavy atom. The van der Waals surface area contributed by atoms with Gasteiger partial charge in [-0.05, 0) is 24.6 Å². The second-order valence-electron chi connectivity index (χ2n) is 5.45. The zero-order valence-electron chi connectivity index (χ0n) is 13.2. The van der Waals surface area contributed by atoms with Crippen LogP contribution in [0.15, 0.2) is 0 Å². The summed E-state index contributed by atoms with van der Waals surface area (Å²) in [4.78, 5) is 36.4. The number of phosphoric ester groups is 1. The summed E-state index contributed by atoms with van der Waals surface area (Å²) in [7, 11) is -4.82. The zero-order chi connectivity index (χ0) is 19.6. The molecule has 0 aliphatic carbocycles. The summed E-state index contributed by atoms with van der Waals surface area (Å²) in [6.45, 7) is -4.62. The van der Waals surface area contributed by atoms with Crippen molar-refractivity contribution in [2.45, 2.75) is 43.8 Å². The van der Waals surface area contributed by atoms with Gasteiger partial charge in [0, 0.05) is 19.0 Å². The summed E-state index contributed by atoms with van der Waals surface area (Å²) in [5.74, 6) is 0. The van der Waals surface area contributed by atoms with Gasteiger partial charge >= 0.3 is 22.4 Å². The Labute approximate surface area is 155 Å². The molecule has 0 amide bonds. The van der Waals surface area contributed by atoms with Crippen molar-refractivity contribution < 1.29 is 56.1 Å². The predicted octanol–water partition coefficient (Wildman–Crippen LogP) is 0.251. The fourth-order valence-corrected chi connectivity index (χ4v) is 6.15. The number of rotatable bonds is 9. The quantitative estimate of drug-likeness (QED) is 0.277. The van der Waals surface area contributed by atoms with Crippen molar-refractivity contribution in [2.24, 2.45) is 0 Å². The number of hydrogen-bond donors (Lipinski definition) is 4. The second kappa shape index (κ2) is 9.07. The molecule has 2 heterocycles. The van der Waals surface area contributed by atoms with Crippen molar-refractivity contribution in [3.63, 3.8) is 0 Å². The smallest absolute Gasteiger partial charge is 0.380 e. The van der Waals surface area contributed by atoms with Gasteiger partial charge in [0.25, 0.3) is 0 Å². The van der Waals surface area contributed by atoms with Gasteiger partial charge in [0.05, 0.1) is 12.7 Å². The van der Waals surface area contributed by atoms with Crippen molar-refractivity contribution >= 4 is 42.0 Å². The second-order valence-corrected chi connectivity index (χ2v) is 11.3. The Morgan fingerprint density at radius 3 is 2.42 bits per heavy atom. The van der Waals surface area contributed by atoms with E-state index in [1.807, 2.05) is 0 Å². The molecule has 0 bridgehead atoms. The van der Waals surface area contributed by atoms with Gasteiger partial charge in [-0.25, -0.2) is 13.4 Å². The largest absolute Gasteiger partial charge is 0.488 e. The maximum absolute atomic E-state index is 11.8. The third-order valence-corrected chi connectivity index (χ3v) is 7.66. The molecule has 26 heavy (non-hydrogen) atoms. The van der Waals surface area contributed by atoms with E-state index in [4.69, 9.17) is 31.8 Å². The third kappa shape index (κ3) is 8.02. The first-order chi connectivity index (χ1) is 11.9. The summed E-state index contributed by atoms with van der Waals surface area (Å²) in [6, 6.07) is -0.698. The Bertz CT molecular complexity index is 623. The number of phosphoric acid groups is 2. The maximum atomic E-state index is 11.8. The molecule has 0 aromatic carbocycles. The van der Waals surface area contributed by atoms with Crippen LogP contribution in [0.2, 0.25) is 0 Å². The molecule has 2 aliphatic rings. The molecule has 2 rings (SSSR count). The van der Waals surface area contributed by atoms with Gasteiger partial charge in [0.1, 0.15) is 14.0 Å². The molecule has 6 atom stereocenters. The summed E-state index contributed by atoms with van der Waals surface area (Å²) < 4.78 is 51.8. The van der Waals surface area contributed by atoms with E-state index in [0.29, 0.717) is 13.0 Å². The minimum atomic E-state index is -5.36. The highest BCUT2D eigenvalue weighted by molar-refractivity contribution is 8.08. The molecular weight excluding hydrogens is 436 g/mol. The summed E-state index contributed by atoms with van der Waals surface area (Å²) in [6.07, 6.45) is -0.105. The highest BCUT2D eigenvalue weighted by atomic mass is 32.5. The summed E-state index contributed by atoms with van der Waals surface area (Å²) in [5.41, 5.74) is 0. The van der Waals surface area contributed by atoms with Crippen LogP contribution in [0.3, 0.4) is 0 Å². The van der Waals surface area contributed by atoms with Crippen LogP contribution in [0.1, 0.15) is 19.3 Å².